The van der Waals surface area contributed by atoms with Crippen LogP contribution in [-0.4, -0.2) is 33.0 Å². The topological polar surface area (TPSA) is 49.4 Å². The number of aryl methyl sites for hydroxylation is 1. The van der Waals surface area contributed by atoms with Gasteiger partial charge in [0.25, 0.3) is 5.17 Å². The number of nitrogens with zero attached hydrogens (tertiary/aromatic N) is 1. The molecular formula is C36H33NO5S. The van der Waals surface area contributed by atoms with E-state index >= 15 is 0 Å². The van der Waals surface area contributed by atoms with Gasteiger partial charge < -0.3 is 28.6 Å². The third-order valence-electron chi connectivity index (χ3n) is 7.77. The summed E-state index contributed by atoms with van der Waals surface area (Å²) in [6.07, 6.45) is 0.00163. The van der Waals surface area contributed by atoms with E-state index in [0.717, 1.165) is 45.4 Å². The second-order valence-electron chi connectivity index (χ2n) is 10.5. The Hall–Kier alpha value is -4.75. The lowest BCUT2D eigenvalue weighted by atomic mass is 9.89. The fraction of sp³-hybridized carbons (Fsp3) is 0.194. The van der Waals surface area contributed by atoms with Crippen LogP contribution in [0.15, 0.2) is 103 Å². The van der Waals surface area contributed by atoms with Crippen LogP contribution in [0.5, 0.6) is 28.7 Å². The number of benzene rings is 5. The molecular weight excluding hydrogens is 558 g/mol. The van der Waals surface area contributed by atoms with Gasteiger partial charge in [0.05, 0.1) is 26.7 Å². The highest BCUT2D eigenvalue weighted by molar-refractivity contribution is 7.80. The number of hydrogen-bond acceptors (Lipinski definition) is 6. The molecule has 43 heavy (non-hydrogen) atoms. The number of fused-ring (bicyclic) bond motifs is 6. The minimum absolute atomic E-state index is 0.00163. The van der Waals surface area contributed by atoms with E-state index in [1.807, 2.05) is 84.7 Å². The van der Waals surface area contributed by atoms with Crippen molar-refractivity contribution in [1.29, 1.82) is 0 Å². The predicted molar refractivity (Wildman–Crippen MR) is 174 cm³/mol. The van der Waals surface area contributed by atoms with E-state index in [1.165, 1.54) is 16.5 Å². The first-order valence-corrected chi connectivity index (χ1v) is 14.5. The van der Waals surface area contributed by atoms with Crippen molar-refractivity contribution in [2.75, 3.05) is 32.8 Å². The van der Waals surface area contributed by atoms with Gasteiger partial charge in [-0.25, -0.2) is 0 Å². The molecule has 2 aliphatic heterocycles. The van der Waals surface area contributed by atoms with Gasteiger partial charge in [-0.1, -0.05) is 48.5 Å². The number of thiocarbonyl (C=S) groups is 1. The molecule has 0 saturated heterocycles. The van der Waals surface area contributed by atoms with Crippen LogP contribution in [-0.2, 0) is 0 Å². The highest BCUT2D eigenvalue weighted by Crippen LogP contribution is 2.52. The summed E-state index contributed by atoms with van der Waals surface area (Å²) in [6.45, 7) is 2.68. The molecule has 2 unspecified atom stereocenters. The Bertz CT molecular complexity index is 1790. The summed E-state index contributed by atoms with van der Waals surface area (Å²) >= 11 is 5.41. The molecule has 0 bridgehead atoms. The first-order valence-electron chi connectivity index (χ1n) is 14.1. The Balaban J connectivity index is 0.000000153. The Morgan fingerprint density at radius 3 is 2.19 bits per heavy atom. The summed E-state index contributed by atoms with van der Waals surface area (Å²) < 4.78 is 28.4. The summed E-state index contributed by atoms with van der Waals surface area (Å²) in [5.41, 5.74) is 4.47. The van der Waals surface area contributed by atoms with Crippen molar-refractivity contribution in [3.8, 4) is 28.7 Å². The molecule has 0 radical (unpaired) electrons. The monoisotopic (exact) mass is 591 g/mol. The molecule has 7 rings (SSSR count). The Kier molecular flexibility index (Phi) is 8.07. The smallest absolute Gasteiger partial charge is 0.269 e. The SMILES string of the molecule is COc1ccc2c(c1)OC1c3ccc(OC)cc3OCC21.Cc1cccc(N(C)C(=S)Oc2ccc3ccccc3c2)c1. The maximum absolute atomic E-state index is 6.15. The average Bonchev–Trinajstić information content (AvgIpc) is 3.42. The number of anilines is 1. The van der Waals surface area contributed by atoms with Crippen molar-refractivity contribution < 1.29 is 23.7 Å². The largest absolute Gasteiger partial charge is 0.497 e. The lowest BCUT2D eigenvalue weighted by molar-refractivity contribution is 0.139. The number of rotatable bonds is 4. The van der Waals surface area contributed by atoms with Gasteiger partial charge in [0.15, 0.2) is 0 Å². The first kappa shape index (κ1) is 28.4. The third kappa shape index (κ3) is 5.94. The van der Waals surface area contributed by atoms with Gasteiger partial charge in [0, 0.05) is 36.0 Å². The van der Waals surface area contributed by atoms with Gasteiger partial charge in [0.1, 0.15) is 34.9 Å². The standard InChI is InChI=1S/C19H17NOS.C17H16O4/c1-14-6-5-9-17(12-14)20(2)19(22)21-18-11-10-15-7-3-4-8-16(15)13-18;1-18-10-4-6-13-15(7-10)20-9-14-12-5-3-11(19-2)8-16(12)21-17(13)14/h3-13H,1-2H3;3-8,14,17H,9H2,1-2H3. The summed E-state index contributed by atoms with van der Waals surface area (Å²) in [5.74, 6) is 4.31. The normalized spacial score (nSPS) is 15.8. The lowest BCUT2D eigenvalue weighted by Crippen LogP contribution is -2.29. The van der Waals surface area contributed by atoms with Crippen molar-refractivity contribution in [3.63, 3.8) is 0 Å². The van der Waals surface area contributed by atoms with E-state index in [9.17, 15) is 0 Å². The van der Waals surface area contributed by atoms with Gasteiger partial charge >= 0.3 is 0 Å². The molecule has 7 heteroatoms. The molecule has 5 aromatic rings. The highest BCUT2D eigenvalue weighted by atomic mass is 32.1. The minimum Gasteiger partial charge on any atom is -0.497 e. The van der Waals surface area contributed by atoms with Crippen LogP contribution < -0.4 is 28.6 Å². The average molecular weight is 592 g/mol. The summed E-state index contributed by atoms with van der Waals surface area (Å²) in [6, 6.07) is 34.2. The Morgan fingerprint density at radius 1 is 0.744 bits per heavy atom. The molecule has 2 atom stereocenters. The third-order valence-corrected chi connectivity index (χ3v) is 8.13. The van der Waals surface area contributed by atoms with Gasteiger partial charge in [0.2, 0.25) is 0 Å². The first-order chi connectivity index (χ1) is 20.9. The van der Waals surface area contributed by atoms with Gasteiger partial charge in [-0.15, -0.1) is 0 Å². The van der Waals surface area contributed by atoms with Crippen LogP contribution >= 0.6 is 12.2 Å². The van der Waals surface area contributed by atoms with Crippen LogP contribution in [0.2, 0.25) is 0 Å². The molecule has 0 N–H and O–H groups in total. The molecule has 2 aliphatic rings. The lowest BCUT2D eigenvalue weighted by Gasteiger charge is -2.28. The maximum atomic E-state index is 6.15. The molecule has 0 saturated carbocycles. The molecule has 6 nitrogen and oxygen atoms in total. The van der Waals surface area contributed by atoms with Gasteiger partial charge in [-0.3, -0.25) is 0 Å². The second kappa shape index (κ2) is 12.2. The predicted octanol–water partition coefficient (Wildman–Crippen LogP) is 8.26. The van der Waals surface area contributed by atoms with E-state index in [2.05, 4.69) is 37.3 Å². The summed E-state index contributed by atoms with van der Waals surface area (Å²) in [5, 5.41) is 2.76. The maximum Gasteiger partial charge on any atom is 0.269 e. The molecule has 0 fully saturated rings. The molecule has 0 aromatic heterocycles. The minimum atomic E-state index is 0.00163. The van der Waals surface area contributed by atoms with E-state index < -0.39 is 0 Å². The molecule has 218 valence electrons. The van der Waals surface area contributed by atoms with Crippen LogP contribution in [0.25, 0.3) is 10.8 Å². The van der Waals surface area contributed by atoms with Crippen LogP contribution in [0, 0.1) is 6.92 Å². The van der Waals surface area contributed by atoms with Gasteiger partial charge in [-0.05, 0) is 77.9 Å². The van der Waals surface area contributed by atoms with Gasteiger partial charge in [-0.2, -0.15) is 0 Å². The number of methoxy groups -OCH3 is 2. The molecule has 0 spiro atoms. The fourth-order valence-corrected chi connectivity index (χ4v) is 5.61. The van der Waals surface area contributed by atoms with Crippen molar-refractivity contribution in [2.45, 2.75) is 18.9 Å². The molecule has 0 aliphatic carbocycles. The molecule has 5 aromatic carbocycles. The van der Waals surface area contributed by atoms with Crippen molar-refractivity contribution in [1.82, 2.24) is 0 Å². The van der Waals surface area contributed by atoms with E-state index in [1.54, 1.807) is 14.2 Å². The molecule has 0 amide bonds. The summed E-state index contributed by atoms with van der Waals surface area (Å²) in [7, 11) is 5.23. The van der Waals surface area contributed by atoms with Crippen LogP contribution in [0.4, 0.5) is 5.69 Å². The van der Waals surface area contributed by atoms with Crippen LogP contribution in [0.3, 0.4) is 0 Å². The summed E-state index contributed by atoms with van der Waals surface area (Å²) in [4.78, 5) is 1.87. The number of ether oxygens (including phenoxy) is 5. The molecule has 2 heterocycles. The van der Waals surface area contributed by atoms with E-state index in [0.29, 0.717) is 11.8 Å². The van der Waals surface area contributed by atoms with Crippen molar-refractivity contribution in [2.24, 2.45) is 0 Å². The van der Waals surface area contributed by atoms with Crippen LogP contribution in [0.1, 0.15) is 28.7 Å². The highest BCUT2D eigenvalue weighted by Gasteiger charge is 2.40. The fourth-order valence-electron chi connectivity index (χ4n) is 5.41. The van der Waals surface area contributed by atoms with Crippen molar-refractivity contribution >= 4 is 33.9 Å². The van der Waals surface area contributed by atoms with E-state index in [-0.39, 0.29) is 12.0 Å². The zero-order chi connectivity index (χ0) is 29.9. The Labute approximate surface area is 257 Å². The second-order valence-corrected chi connectivity index (χ2v) is 10.9. The quantitative estimate of drug-likeness (QED) is 0.195. The van der Waals surface area contributed by atoms with Crippen molar-refractivity contribution in [3.05, 3.63) is 120 Å². The number of hydrogen-bond donors (Lipinski definition) is 0. The Morgan fingerprint density at radius 2 is 1.44 bits per heavy atom. The van der Waals surface area contributed by atoms with E-state index in [4.69, 9.17) is 35.9 Å². The zero-order valence-electron chi connectivity index (χ0n) is 24.6. The zero-order valence-corrected chi connectivity index (χ0v) is 25.4.